The van der Waals surface area contributed by atoms with Crippen LogP contribution in [0.5, 0.6) is 0 Å². The van der Waals surface area contributed by atoms with E-state index >= 15 is 0 Å². The highest BCUT2D eigenvalue weighted by molar-refractivity contribution is 9.08. The molecule has 0 spiro atoms. The number of pyridine rings is 1. The Hall–Kier alpha value is -0.880. The van der Waals surface area contributed by atoms with E-state index in [0.717, 1.165) is 10.9 Å². The molecule has 0 aliphatic carbocycles. The molecule has 2 nitrogen and oxygen atoms in total. The van der Waals surface area contributed by atoms with Crippen LogP contribution in [0, 0.1) is 11.3 Å². The third kappa shape index (κ3) is 1.55. The zero-order valence-corrected chi connectivity index (χ0v) is 6.80. The molecule has 3 heteroatoms. The van der Waals surface area contributed by atoms with E-state index < -0.39 is 0 Å². The molecular formula is C7H5BrN2. The minimum absolute atomic E-state index is 0.608. The zero-order chi connectivity index (χ0) is 7.40. The average Bonchev–Trinajstić information content (AvgIpc) is 2.05. The van der Waals surface area contributed by atoms with E-state index in [4.69, 9.17) is 5.26 Å². The van der Waals surface area contributed by atoms with Crippen molar-refractivity contribution >= 4 is 15.9 Å². The number of alkyl halides is 1. The number of aromatic nitrogens is 1. The highest BCUT2D eigenvalue weighted by Crippen LogP contribution is 2.04. The lowest BCUT2D eigenvalue weighted by Gasteiger charge is -1.91. The molecule has 0 aliphatic heterocycles. The number of halogens is 1. The minimum Gasteiger partial charge on any atom is -0.263 e. The van der Waals surface area contributed by atoms with Crippen molar-refractivity contribution in [2.24, 2.45) is 0 Å². The van der Waals surface area contributed by atoms with Gasteiger partial charge in [0.2, 0.25) is 0 Å². The first-order valence-corrected chi connectivity index (χ1v) is 3.89. The highest BCUT2D eigenvalue weighted by Gasteiger charge is 1.91. The molecule has 0 N–H and O–H groups in total. The van der Waals surface area contributed by atoms with Crippen LogP contribution >= 0.6 is 15.9 Å². The summed E-state index contributed by atoms with van der Waals surface area (Å²) < 4.78 is 0. The standard InChI is InChI=1S/C7H5BrN2/c8-2-6-1-7(3-9)5-10-4-6/h1,4-5H,2H2. The van der Waals surface area contributed by atoms with Gasteiger partial charge in [-0.1, -0.05) is 15.9 Å². The van der Waals surface area contributed by atoms with Gasteiger partial charge in [0.25, 0.3) is 0 Å². The summed E-state index contributed by atoms with van der Waals surface area (Å²) in [4.78, 5) is 3.87. The average molecular weight is 197 g/mol. The molecule has 1 heterocycles. The quantitative estimate of drug-likeness (QED) is 0.644. The molecule has 0 amide bonds. The molecule has 10 heavy (non-hydrogen) atoms. The van der Waals surface area contributed by atoms with Crippen molar-refractivity contribution in [2.45, 2.75) is 5.33 Å². The molecule has 0 aromatic carbocycles. The van der Waals surface area contributed by atoms with E-state index in [2.05, 4.69) is 20.9 Å². The van der Waals surface area contributed by atoms with Crippen LogP contribution in [-0.2, 0) is 5.33 Å². The Morgan fingerprint density at radius 3 is 3.00 bits per heavy atom. The zero-order valence-electron chi connectivity index (χ0n) is 5.21. The summed E-state index contributed by atoms with van der Waals surface area (Å²) in [5.41, 5.74) is 1.64. The van der Waals surface area contributed by atoms with Crippen molar-refractivity contribution in [3.63, 3.8) is 0 Å². The predicted molar refractivity (Wildman–Crippen MR) is 41.6 cm³/mol. The van der Waals surface area contributed by atoms with Crippen molar-refractivity contribution in [1.29, 1.82) is 5.26 Å². The van der Waals surface area contributed by atoms with Gasteiger partial charge in [0.05, 0.1) is 5.56 Å². The van der Waals surface area contributed by atoms with Crippen LogP contribution < -0.4 is 0 Å². The minimum atomic E-state index is 0.608. The smallest absolute Gasteiger partial charge is 0.101 e. The number of hydrogen-bond donors (Lipinski definition) is 0. The van der Waals surface area contributed by atoms with E-state index in [1.165, 1.54) is 0 Å². The van der Waals surface area contributed by atoms with Gasteiger partial charge in [-0.3, -0.25) is 4.98 Å². The molecule has 0 fully saturated rings. The van der Waals surface area contributed by atoms with Crippen LogP contribution in [0.2, 0.25) is 0 Å². The number of rotatable bonds is 1. The Balaban J connectivity index is 3.01. The number of hydrogen-bond acceptors (Lipinski definition) is 2. The molecule has 1 rings (SSSR count). The summed E-state index contributed by atoms with van der Waals surface area (Å²) in [6.07, 6.45) is 3.28. The maximum Gasteiger partial charge on any atom is 0.101 e. The Morgan fingerprint density at radius 2 is 2.40 bits per heavy atom. The molecule has 0 bridgehead atoms. The van der Waals surface area contributed by atoms with Crippen LogP contribution in [0.15, 0.2) is 18.5 Å². The fraction of sp³-hybridized carbons (Fsp3) is 0.143. The lowest BCUT2D eigenvalue weighted by molar-refractivity contribution is 1.24. The van der Waals surface area contributed by atoms with E-state index in [1.807, 2.05) is 12.1 Å². The maximum atomic E-state index is 8.45. The molecule has 0 saturated carbocycles. The van der Waals surface area contributed by atoms with Gasteiger partial charge in [-0.05, 0) is 11.6 Å². The van der Waals surface area contributed by atoms with E-state index in [-0.39, 0.29) is 0 Å². The summed E-state index contributed by atoms with van der Waals surface area (Å²) in [6.45, 7) is 0. The van der Waals surface area contributed by atoms with Gasteiger partial charge in [0, 0.05) is 17.7 Å². The first-order valence-electron chi connectivity index (χ1n) is 2.77. The van der Waals surface area contributed by atoms with Crippen LogP contribution in [0.25, 0.3) is 0 Å². The molecule has 0 unspecified atom stereocenters. The molecule has 1 aromatic rings. The topological polar surface area (TPSA) is 36.7 Å². The van der Waals surface area contributed by atoms with Crippen molar-refractivity contribution in [1.82, 2.24) is 4.98 Å². The SMILES string of the molecule is N#Cc1cncc(CBr)c1. The first-order chi connectivity index (χ1) is 4.86. The largest absolute Gasteiger partial charge is 0.263 e. The Labute approximate surface area is 67.6 Å². The first kappa shape index (κ1) is 7.23. The van der Waals surface area contributed by atoms with E-state index in [1.54, 1.807) is 12.4 Å². The molecule has 0 atom stereocenters. The Kier molecular flexibility index (Phi) is 2.41. The summed E-state index contributed by atoms with van der Waals surface area (Å²) in [5, 5.41) is 9.20. The van der Waals surface area contributed by atoms with Gasteiger partial charge >= 0.3 is 0 Å². The third-order valence-electron chi connectivity index (χ3n) is 1.08. The van der Waals surface area contributed by atoms with Crippen LogP contribution in [0.1, 0.15) is 11.1 Å². The Morgan fingerprint density at radius 1 is 1.60 bits per heavy atom. The number of nitriles is 1. The van der Waals surface area contributed by atoms with Gasteiger partial charge < -0.3 is 0 Å². The van der Waals surface area contributed by atoms with Gasteiger partial charge in [-0.15, -0.1) is 0 Å². The molecule has 50 valence electrons. The van der Waals surface area contributed by atoms with Crippen molar-refractivity contribution in [2.75, 3.05) is 0 Å². The van der Waals surface area contributed by atoms with Crippen molar-refractivity contribution < 1.29 is 0 Å². The molecule has 0 saturated heterocycles. The van der Waals surface area contributed by atoms with Gasteiger partial charge in [0.1, 0.15) is 6.07 Å². The van der Waals surface area contributed by atoms with E-state index in [0.29, 0.717) is 5.56 Å². The number of nitrogens with zero attached hydrogens (tertiary/aromatic N) is 2. The van der Waals surface area contributed by atoms with E-state index in [9.17, 15) is 0 Å². The molecule has 0 radical (unpaired) electrons. The van der Waals surface area contributed by atoms with Crippen molar-refractivity contribution in [3.8, 4) is 6.07 Å². The van der Waals surface area contributed by atoms with Gasteiger partial charge in [-0.2, -0.15) is 5.26 Å². The predicted octanol–water partition coefficient (Wildman–Crippen LogP) is 1.85. The van der Waals surface area contributed by atoms with Crippen LogP contribution in [-0.4, -0.2) is 4.98 Å². The summed E-state index contributed by atoms with van der Waals surface area (Å²) in [7, 11) is 0. The molecular weight excluding hydrogens is 192 g/mol. The maximum absolute atomic E-state index is 8.45. The second-order valence-corrected chi connectivity index (χ2v) is 2.39. The molecule has 1 aromatic heterocycles. The van der Waals surface area contributed by atoms with Gasteiger partial charge in [0.15, 0.2) is 0 Å². The van der Waals surface area contributed by atoms with Crippen LogP contribution in [0.3, 0.4) is 0 Å². The van der Waals surface area contributed by atoms with Crippen LogP contribution in [0.4, 0.5) is 0 Å². The second kappa shape index (κ2) is 3.33. The normalized spacial score (nSPS) is 8.80. The molecule has 0 aliphatic rings. The summed E-state index contributed by atoms with van der Waals surface area (Å²) >= 11 is 3.27. The summed E-state index contributed by atoms with van der Waals surface area (Å²) in [6, 6.07) is 3.83. The fourth-order valence-electron chi connectivity index (χ4n) is 0.622. The Bertz CT molecular complexity index is 265. The van der Waals surface area contributed by atoms with Gasteiger partial charge in [-0.25, -0.2) is 0 Å². The fourth-order valence-corrected chi connectivity index (χ4v) is 0.928. The highest BCUT2D eigenvalue weighted by atomic mass is 79.9. The lowest BCUT2D eigenvalue weighted by atomic mass is 10.2. The third-order valence-corrected chi connectivity index (χ3v) is 1.73. The summed E-state index contributed by atoms with van der Waals surface area (Å²) in [5.74, 6) is 0. The second-order valence-electron chi connectivity index (χ2n) is 1.83. The van der Waals surface area contributed by atoms with Crippen molar-refractivity contribution in [3.05, 3.63) is 29.6 Å². The monoisotopic (exact) mass is 196 g/mol. The lowest BCUT2D eigenvalue weighted by Crippen LogP contribution is -1.82.